The van der Waals surface area contributed by atoms with E-state index in [0.29, 0.717) is 0 Å². The van der Waals surface area contributed by atoms with Gasteiger partial charge in [-0.3, -0.25) is 4.79 Å². The van der Waals surface area contributed by atoms with Gasteiger partial charge in [-0.1, -0.05) is 33.3 Å². The van der Waals surface area contributed by atoms with Crippen molar-refractivity contribution in [1.82, 2.24) is 0 Å². The summed E-state index contributed by atoms with van der Waals surface area (Å²) in [5.41, 5.74) is 0. The lowest BCUT2D eigenvalue weighted by atomic mass is 10.1. The molecule has 2 atom stereocenters. The van der Waals surface area contributed by atoms with E-state index in [0.717, 1.165) is 19.3 Å². The van der Waals surface area contributed by atoms with Crippen LogP contribution in [0.5, 0.6) is 0 Å². The van der Waals surface area contributed by atoms with Gasteiger partial charge in [0.1, 0.15) is 6.10 Å². The van der Waals surface area contributed by atoms with E-state index < -0.39 is 0 Å². The van der Waals surface area contributed by atoms with Crippen molar-refractivity contribution < 1.29 is 9.53 Å². The van der Waals surface area contributed by atoms with Gasteiger partial charge < -0.3 is 4.74 Å². The van der Waals surface area contributed by atoms with Gasteiger partial charge in [0.25, 0.3) is 0 Å². The van der Waals surface area contributed by atoms with Gasteiger partial charge in [0.05, 0.1) is 5.92 Å². The molecule has 0 saturated heterocycles. The molecule has 2 heteroatoms. The monoisotopic (exact) mass is 198 g/mol. The normalized spacial score (nSPS) is 15.4. The molecule has 0 fully saturated rings. The third-order valence-electron chi connectivity index (χ3n) is 2.18. The second-order valence-corrected chi connectivity index (χ2v) is 3.67. The summed E-state index contributed by atoms with van der Waals surface area (Å²) in [6.07, 6.45) is 6.93. The number of allylic oxidation sites excluding steroid dienone is 1. The number of carbonyl (C=O) groups excluding carboxylic acids is 1. The van der Waals surface area contributed by atoms with Crippen LogP contribution in [0, 0.1) is 5.92 Å². The van der Waals surface area contributed by atoms with Gasteiger partial charge in [-0.25, -0.2) is 0 Å². The fourth-order valence-corrected chi connectivity index (χ4v) is 0.960. The molecule has 0 saturated carbocycles. The molecule has 0 aromatic heterocycles. The van der Waals surface area contributed by atoms with E-state index in [4.69, 9.17) is 4.74 Å². The topological polar surface area (TPSA) is 26.3 Å². The van der Waals surface area contributed by atoms with Crippen LogP contribution in [-0.2, 0) is 9.53 Å². The van der Waals surface area contributed by atoms with Crippen molar-refractivity contribution in [2.24, 2.45) is 5.92 Å². The lowest BCUT2D eigenvalue weighted by Gasteiger charge is -2.12. The maximum atomic E-state index is 11.4. The zero-order chi connectivity index (χ0) is 11.0. The third kappa shape index (κ3) is 5.79. The zero-order valence-corrected chi connectivity index (χ0v) is 9.75. The molecule has 0 bridgehead atoms. The predicted molar refractivity (Wildman–Crippen MR) is 59.1 cm³/mol. The van der Waals surface area contributed by atoms with Crippen molar-refractivity contribution in [3.05, 3.63) is 12.2 Å². The average Bonchev–Trinajstić information content (AvgIpc) is 2.16. The summed E-state index contributed by atoms with van der Waals surface area (Å²) in [6.45, 7) is 7.90. The van der Waals surface area contributed by atoms with Crippen LogP contribution >= 0.6 is 0 Å². The van der Waals surface area contributed by atoms with E-state index in [-0.39, 0.29) is 18.0 Å². The standard InChI is InChI=1S/C12H22O2/c1-5-7-8-9-11(4)14-12(13)10(3)6-2/h8-11H,5-7H2,1-4H3/b9-8+. The van der Waals surface area contributed by atoms with E-state index >= 15 is 0 Å². The van der Waals surface area contributed by atoms with Gasteiger partial charge in [0.15, 0.2) is 0 Å². The predicted octanol–water partition coefficient (Wildman–Crippen LogP) is 3.32. The molecule has 2 unspecified atom stereocenters. The first kappa shape index (κ1) is 13.2. The van der Waals surface area contributed by atoms with E-state index in [2.05, 4.69) is 13.0 Å². The summed E-state index contributed by atoms with van der Waals surface area (Å²) in [6, 6.07) is 0. The first-order valence-electron chi connectivity index (χ1n) is 5.48. The summed E-state index contributed by atoms with van der Waals surface area (Å²) in [7, 11) is 0. The minimum absolute atomic E-state index is 0.0111. The summed E-state index contributed by atoms with van der Waals surface area (Å²) in [4.78, 5) is 11.4. The third-order valence-corrected chi connectivity index (χ3v) is 2.18. The van der Waals surface area contributed by atoms with Crippen molar-refractivity contribution in [2.45, 2.75) is 53.1 Å². The Morgan fingerprint density at radius 3 is 2.50 bits per heavy atom. The fraction of sp³-hybridized carbons (Fsp3) is 0.750. The van der Waals surface area contributed by atoms with Crippen molar-refractivity contribution in [2.75, 3.05) is 0 Å². The van der Waals surface area contributed by atoms with Crippen molar-refractivity contribution >= 4 is 5.97 Å². The molecule has 0 aliphatic carbocycles. The van der Waals surface area contributed by atoms with Crippen LogP contribution in [0.15, 0.2) is 12.2 Å². The zero-order valence-electron chi connectivity index (χ0n) is 9.75. The summed E-state index contributed by atoms with van der Waals surface area (Å²) < 4.78 is 5.22. The summed E-state index contributed by atoms with van der Waals surface area (Å²) in [5.74, 6) is -0.0850. The van der Waals surface area contributed by atoms with Gasteiger partial charge in [-0.2, -0.15) is 0 Å². The second-order valence-electron chi connectivity index (χ2n) is 3.67. The molecule has 0 N–H and O–H groups in total. The molecule has 0 aromatic carbocycles. The fourth-order valence-electron chi connectivity index (χ4n) is 0.960. The number of esters is 1. The Labute approximate surface area is 87.3 Å². The van der Waals surface area contributed by atoms with Crippen molar-refractivity contribution in [3.63, 3.8) is 0 Å². The number of ether oxygens (including phenoxy) is 1. The van der Waals surface area contributed by atoms with Crippen molar-refractivity contribution in [3.8, 4) is 0 Å². The van der Waals surface area contributed by atoms with Gasteiger partial charge in [0.2, 0.25) is 0 Å². The molecule has 0 rings (SSSR count). The van der Waals surface area contributed by atoms with Crippen LogP contribution in [0.2, 0.25) is 0 Å². The van der Waals surface area contributed by atoms with Crippen LogP contribution in [0.4, 0.5) is 0 Å². The van der Waals surface area contributed by atoms with Gasteiger partial charge in [-0.15, -0.1) is 0 Å². The number of carbonyl (C=O) groups is 1. The molecule has 0 amide bonds. The van der Waals surface area contributed by atoms with Crippen LogP contribution in [0.1, 0.15) is 47.0 Å². The SMILES string of the molecule is CCC/C=C/C(C)OC(=O)C(C)CC. The maximum Gasteiger partial charge on any atom is 0.309 e. The smallest absolute Gasteiger partial charge is 0.309 e. The molecule has 2 nitrogen and oxygen atoms in total. The van der Waals surface area contributed by atoms with Crippen LogP contribution in [-0.4, -0.2) is 12.1 Å². The van der Waals surface area contributed by atoms with E-state index in [1.54, 1.807) is 0 Å². The minimum atomic E-state index is -0.0962. The minimum Gasteiger partial charge on any atom is -0.458 e. The van der Waals surface area contributed by atoms with Crippen LogP contribution in [0.25, 0.3) is 0 Å². The highest BCUT2D eigenvalue weighted by Gasteiger charge is 2.13. The molecule has 82 valence electrons. The second kappa shape index (κ2) is 7.60. The Balaban J connectivity index is 3.81. The highest BCUT2D eigenvalue weighted by molar-refractivity contribution is 5.72. The summed E-state index contributed by atoms with van der Waals surface area (Å²) >= 11 is 0. The quantitative estimate of drug-likeness (QED) is 0.483. The Morgan fingerprint density at radius 1 is 1.36 bits per heavy atom. The molecule has 0 spiro atoms. The number of unbranched alkanes of at least 4 members (excludes halogenated alkanes) is 1. The van der Waals surface area contributed by atoms with Crippen LogP contribution in [0.3, 0.4) is 0 Å². The van der Waals surface area contributed by atoms with Gasteiger partial charge >= 0.3 is 5.97 Å². The summed E-state index contributed by atoms with van der Waals surface area (Å²) in [5, 5.41) is 0. The molecular formula is C12H22O2. The van der Waals surface area contributed by atoms with Gasteiger partial charge in [-0.05, 0) is 25.8 Å². The highest BCUT2D eigenvalue weighted by Crippen LogP contribution is 2.06. The largest absolute Gasteiger partial charge is 0.458 e. The molecule has 14 heavy (non-hydrogen) atoms. The number of hydrogen-bond acceptors (Lipinski definition) is 2. The van der Waals surface area contributed by atoms with Crippen molar-refractivity contribution in [1.29, 1.82) is 0 Å². The van der Waals surface area contributed by atoms with Gasteiger partial charge in [0, 0.05) is 0 Å². The van der Waals surface area contributed by atoms with E-state index in [1.165, 1.54) is 0 Å². The van der Waals surface area contributed by atoms with E-state index in [1.807, 2.05) is 26.8 Å². The molecule has 0 aliphatic heterocycles. The molecule has 0 aromatic rings. The Bertz CT molecular complexity index is 185. The first-order chi connectivity index (χ1) is 6.61. The lowest BCUT2D eigenvalue weighted by molar-refractivity contribution is -0.150. The number of hydrogen-bond donors (Lipinski definition) is 0. The Morgan fingerprint density at radius 2 is 2.00 bits per heavy atom. The molecule has 0 heterocycles. The van der Waals surface area contributed by atoms with Crippen LogP contribution < -0.4 is 0 Å². The van der Waals surface area contributed by atoms with E-state index in [9.17, 15) is 4.79 Å². The number of rotatable bonds is 6. The Kier molecular flexibility index (Phi) is 7.17. The molecule has 0 radical (unpaired) electrons. The average molecular weight is 198 g/mol. The first-order valence-corrected chi connectivity index (χ1v) is 5.48. The molecular weight excluding hydrogens is 176 g/mol. The molecule has 0 aliphatic rings. The lowest BCUT2D eigenvalue weighted by Crippen LogP contribution is -2.18. The Hall–Kier alpha value is -0.790. The maximum absolute atomic E-state index is 11.4. The highest BCUT2D eigenvalue weighted by atomic mass is 16.5.